The van der Waals surface area contributed by atoms with E-state index in [-0.39, 0.29) is 35.0 Å². The molecule has 598 valence electrons. The van der Waals surface area contributed by atoms with Gasteiger partial charge < -0.3 is 75.0 Å². The van der Waals surface area contributed by atoms with Crippen LogP contribution < -0.4 is 0 Å². The molecule has 15 nitrogen and oxygen atoms in total. The molecule has 2 aliphatic rings. The highest BCUT2D eigenvalue weighted by atomic mass is 16.3. The maximum atomic E-state index is 10.8. The van der Waals surface area contributed by atoms with Gasteiger partial charge in [0.25, 0.3) is 0 Å². The molecule has 0 aromatic heterocycles. The molecular formula is C96H124O15. The third-order valence-corrected chi connectivity index (χ3v) is 15.2. The quantitative estimate of drug-likeness (QED) is 0.0223. The fourth-order valence-corrected chi connectivity index (χ4v) is 9.03. The van der Waals surface area contributed by atoms with Gasteiger partial charge in [-0.3, -0.25) is 0 Å². The molecule has 10 atom stereocenters. The van der Waals surface area contributed by atoms with Crippen LogP contribution in [0.3, 0.4) is 0 Å². The molecular weight excluding hydrogens is 1390 g/mol. The number of hydrogen-bond acceptors (Lipinski definition) is 15. The molecule has 2 fully saturated rings. The Morgan fingerprint density at radius 2 is 0.703 bits per heavy atom. The van der Waals surface area contributed by atoms with Crippen LogP contribution in [0.4, 0.5) is 0 Å². The molecule has 2 aliphatic carbocycles. The number of rotatable bonds is 35. The summed E-state index contributed by atoms with van der Waals surface area (Å²) in [5, 5.41) is 96.0. The summed E-state index contributed by atoms with van der Waals surface area (Å²) < 4.78 is 0. The normalized spacial score (nSPS) is 15.1. The minimum Gasteiger partial charge on any atom is -0.389 e. The first-order valence-electron chi connectivity index (χ1n) is 38.6. The maximum absolute atomic E-state index is 10.8. The molecule has 2 saturated carbocycles. The van der Waals surface area contributed by atoms with Gasteiger partial charge in [0.2, 0.25) is 0 Å². The molecule has 0 saturated heterocycles. The molecule has 1 aromatic rings. The number of aliphatic hydroxyl groups excluding tert-OH is 10. The molecule has 0 aliphatic heterocycles. The number of benzene rings is 1. The SMILES string of the molecule is CC#CC[C@@H](O)/C=C/C=C/C#C[C@@H](O)CCCC(C)=O.CC(=O)CCC[C@H](O)C#C/C=C/C=C/[C@H](O)CC#CC(C)C.CC(=O)CCC[C@H](O)C#C/C=C/C=C/[C@H](O)CC#CC1CCCCC1.CC(=O)CCC[C@H](O)C#C/C=C/C=C/[C@H](O)CC#Cc1ccccc1.CC(=O)CC[C@H](O)C#C/C=C/C=C/[C@H](O)CC1CC1. The Labute approximate surface area is 665 Å². The second-order valence-electron chi connectivity index (χ2n) is 26.9. The van der Waals surface area contributed by atoms with Gasteiger partial charge in [0, 0.05) is 75.2 Å². The Morgan fingerprint density at radius 3 is 1.04 bits per heavy atom. The summed E-state index contributed by atoms with van der Waals surface area (Å²) in [6.07, 6.45) is 45.8. The summed E-state index contributed by atoms with van der Waals surface area (Å²) in [5.41, 5.74) is 0.927. The van der Waals surface area contributed by atoms with E-state index in [0.29, 0.717) is 133 Å². The summed E-state index contributed by atoms with van der Waals surface area (Å²) in [6.45, 7) is 13.4. The van der Waals surface area contributed by atoms with Crippen LogP contribution in [0.2, 0.25) is 0 Å². The first kappa shape index (κ1) is 104. The fraction of sp³-hybridized carbons (Fsp3) is 0.490. The second kappa shape index (κ2) is 73.4. The van der Waals surface area contributed by atoms with Crippen LogP contribution in [0.1, 0.15) is 228 Å². The van der Waals surface area contributed by atoms with Crippen molar-refractivity contribution in [2.24, 2.45) is 17.8 Å². The lowest BCUT2D eigenvalue weighted by molar-refractivity contribution is -0.118. The van der Waals surface area contributed by atoms with E-state index in [9.17, 15) is 75.0 Å². The molecule has 0 spiro atoms. The van der Waals surface area contributed by atoms with Crippen molar-refractivity contribution in [3.63, 3.8) is 0 Å². The van der Waals surface area contributed by atoms with Crippen molar-refractivity contribution < 1.29 is 75.0 Å². The average Bonchev–Trinajstić information content (AvgIpc) is 1.78. The van der Waals surface area contributed by atoms with Crippen molar-refractivity contribution >= 4 is 28.9 Å². The van der Waals surface area contributed by atoms with E-state index in [2.05, 4.69) is 107 Å². The van der Waals surface area contributed by atoms with E-state index in [1.807, 2.05) is 44.2 Å². The molecule has 0 radical (unpaired) electrons. The third-order valence-electron chi connectivity index (χ3n) is 15.2. The fourth-order valence-electron chi connectivity index (χ4n) is 9.03. The minimum atomic E-state index is -0.752. The zero-order valence-corrected chi connectivity index (χ0v) is 66.8. The Kier molecular flexibility index (Phi) is 68.6. The van der Waals surface area contributed by atoms with Crippen molar-refractivity contribution in [2.75, 3.05) is 0 Å². The first-order valence-corrected chi connectivity index (χ1v) is 38.6. The van der Waals surface area contributed by atoms with Gasteiger partial charge in [-0.05, 0) is 167 Å². The van der Waals surface area contributed by atoms with E-state index >= 15 is 0 Å². The number of allylic oxidation sites excluding steroid dienone is 15. The van der Waals surface area contributed by atoms with E-state index in [1.165, 1.54) is 72.6 Å². The Morgan fingerprint density at radius 1 is 0.378 bits per heavy atom. The van der Waals surface area contributed by atoms with E-state index in [4.69, 9.17) is 0 Å². The molecule has 1 aromatic carbocycles. The molecule has 15 heteroatoms. The predicted molar refractivity (Wildman–Crippen MR) is 448 cm³/mol. The van der Waals surface area contributed by atoms with E-state index < -0.39 is 54.9 Å². The van der Waals surface area contributed by atoms with Crippen LogP contribution in [-0.2, 0) is 24.0 Å². The van der Waals surface area contributed by atoms with Crippen molar-refractivity contribution in [1.29, 1.82) is 0 Å². The van der Waals surface area contributed by atoms with Crippen molar-refractivity contribution in [2.45, 2.75) is 283 Å². The second-order valence-corrected chi connectivity index (χ2v) is 26.9. The number of carbonyl (C=O) groups excluding carboxylic acids is 5. The van der Waals surface area contributed by atoms with Crippen molar-refractivity contribution in [3.8, 4) is 107 Å². The monoisotopic (exact) mass is 1520 g/mol. The van der Waals surface area contributed by atoms with Crippen molar-refractivity contribution in [3.05, 3.63) is 157 Å². The van der Waals surface area contributed by atoms with Crippen LogP contribution >= 0.6 is 0 Å². The number of ketones is 5. The maximum Gasteiger partial charge on any atom is 0.129 e. The Hall–Kier alpha value is -9.39. The lowest BCUT2D eigenvalue weighted by atomic mass is 9.90. The zero-order chi connectivity index (χ0) is 82.8. The molecule has 3 rings (SSSR count). The summed E-state index contributed by atoms with van der Waals surface area (Å²) in [5.74, 6) is 52.8. The van der Waals surface area contributed by atoms with Crippen LogP contribution in [0, 0.1) is 124 Å². The topological polar surface area (TPSA) is 288 Å². The van der Waals surface area contributed by atoms with Crippen molar-refractivity contribution in [1.82, 2.24) is 0 Å². The number of carbonyl (C=O) groups is 5. The highest BCUT2D eigenvalue weighted by Gasteiger charge is 2.23. The van der Waals surface area contributed by atoms with Gasteiger partial charge in [-0.15, -0.1) is 17.8 Å². The summed E-state index contributed by atoms with van der Waals surface area (Å²) in [7, 11) is 0. The van der Waals surface area contributed by atoms with Gasteiger partial charge in [0.05, 0.1) is 30.5 Å². The van der Waals surface area contributed by atoms with Gasteiger partial charge >= 0.3 is 0 Å². The van der Waals surface area contributed by atoms with Gasteiger partial charge in [-0.25, -0.2) is 0 Å². The molecule has 0 amide bonds. The highest BCUT2D eigenvalue weighted by molar-refractivity contribution is 5.76. The average molecular weight is 1520 g/mol. The van der Waals surface area contributed by atoms with Crippen LogP contribution in [0.5, 0.6) is 0 Å². The molecule has 10 N–H and O–H groups in total. The van der Waals surface area contributed by atoms with Crippen LogP contribution in [0.25, 0.3) is 0 Å². The number of hydrogen-bond donors (Lipinski definition) is 10. The van der Waals surface area contributed by atoms with Gasteiger partial charge in [0.15, 0.2) is 0 Å². The van der Waals surface area contributed by atoms with Gasteiger partial charge in [-0.2, -0.15) is 0 Å². The number of aliphatic hydroxyl groups is 10. The van der Waals surface area contributed by atoms with Crippen LogP contribution in [-0.4, -0.2) is 141 Å². The lowest BCUT2D eigenvalue weighted by Crippen LogP contribution is -2.05. The first-order chi connectivity index (χ1) is 53.2. The Balaban J connectivity index is 0. The number of Topliss-reactive ketones (excluding diaryl/α,β-unsaturated/α-hetero) is 5. The van der Waals surface area contributed by atoms with Gasteiger partial charge in [-0.1, -0.05) is 244 Å². The summed E-state index contributed by atoms with van der Waals surface area (Å²) in [4.78, 5) is 53.7. The minimum absolute atomic E-state index is 0.0592. The molecule has 0 unspecified atom stereocenters. The summed E-state index contributed by atoms with van der Waals surface area (Å²) >= 11 is 0. The molecule has 0 heterocycles. The summed E-state index contributed by atoms with van der Waals surface area (Å²) in [6, 6.07) is 9.62. The molecule has 0 bridgehead atoms. The van der Waals surface area contributed by atoms with E-state index in [1.54, 1.807) is 135 Å². The smallest absolute Gasteiger partial charge is 0.129 e. The highest BCUT2D eigenvalue weighted by Crippen LogP contribution is 2.33. The lowest BCUT2D eigenvalue weighted by Gasteiger charge is -2.15. The van der Waals surface area contributed by atoms with Gasteiger partial charge in [0.1, 0.15) is 59.4 Å². The largest absolute Gasteiger partial charge is 0.389 e. The predicted octanol–water partition coefficient (Wildman–Crippen LogP) is 13.2. The zero-order valence-electron chi connectivity index (χ0n) is 66.8. The van der Waals surface area contributed by atoms with Crippen LogP contribution in [0.15, 0.2) is 152 Å². The molecule has 111 heavy (non-hydrogen) atoms. The van der Waals surface area contributed by atoms with E-state index in [0.717, 1.165) is 12.0 Å². The third kappa shape index (κ3) is 81.4. The standard InChI is InChI=1S/C22H30O3.C22H24O3.C19H26O3.C17H22O3.C16H22O3/c2*1-19(23)11-9-17-21(24)15-7-2-3-8-16-22(25)18-10-14-20-12-5-4-6-13-20;1-16(2)10-8-14-18(21)12-6-4-5-7-13-19(22)15-9-11-17(3)20;1-3-4-11-16(19)12-7-5-6-8-13-17(20)14-9-10-15(2)18;1-13(17)8-11-15(18)6-4-2-3-5-7-16(19)12-14-9-10-14/h2-3,8,16,20-22,24-25H,4-6,9,11-13,17-18H2,1H3;2-6,8,12-13,16,21-22,24-25H,9,11,17-18H2,1H3;4-6,12,16,18-19,21-22H,9,11,14-15H2,1-3H3;5-7,12,16-17,19-20H,9-11,14H2,1-2H3;2-3,5,7,14-16,18-19H,8-12H2,1H3/b2*3-2+,16-8+;5-4+,12-6+;6-5+,12-7+;3-2+,7-5+/t2*21-,22+;18-,19+;16-,17-;15-,16+/m11011/s1. The Bertz CT molecular complexity index is 3720.